The van der Waals surface area contributed by atoms with Crippen LogP contribution in [0.4, 0.5) is 0 Å². The molecule has 0 bridgehead atoms. The zero-order valence-corrected chi connectivity index (χ0v) is 10.5. The van der Waals surface area contributed by atoms with Crippen LogP contribution in [0.1, 0.15) is 6.92 Å². The topological polar surface area (TPSA) is 107 Å². The molecule has 0 aromatic rings. The van der Waals surface area contributed by atoms with Crippen molar-refractivity contribution in [3.63, 3.8) is 0 Å². The molecule has 16 heavy (non-hydrogen) atoms. The highest BCUT2D eigenvalue weighted by Gasteiger charge is 2.22. The number of nitrogens with one attached hydrogen (secondary N) is 1. The Morgan fingerprint density at radius 2 is 2.00 bits per heavy atom. The molecule has 0 spiro atoms. The summed E-state index contributed by atoms with van der Waals surface area (Å²) in [7, 11) is -1.01. The van der Waals surface area contributed by atoms with E-state index in [2.05, 4.69) is 5.32 Å². The van der Waals surface area contributed by atoms with Crippen LogP contribution in [0.15, 0.2) is 0 Å². The van der Waals surface area contributed by atoms with E-state index in [0.717, 1.165) is 0 Å². The van der Waals surface area contributed by atoms with Crippen LogP contribution in [0.2, 0.25) is 0 Å². The molecule has 0 rings (SSSR count). The number of amides is 1. The number of hydrogen-bond acceptors (Lipinski definition) is 5. The number of carbonyl (C=O) groups excluding carboxylic acids is 1. The number of carbonyl (C=O) groups is 1. The fourth-order valence-electron chi connectivity index (χ4n) is 1.25. The summed E-state index contributed by atoms with van der Waals surface area (Å²) < 4.78 is 31.4. The van der Waals surface area contributed by atoms with Crippen LogP contribution in [0.25, 0.3) is 0 Å². The summed E-state index contributed by atoms with van der Waals surface area (Å²) in [6.45, 7) is 1.69. The summed E-state index contributed by atoms with van der Waals surface area (Å²) >= 11 is 0. The van der Waals surface area contributed by atoms with Crippen molar-refractivity contribution >= 4 is 16.0 Å². The van der Waals surface area contributed by atoms with Gasteiger partial charge in [-0.15, -0.1) is 0 Å². The van der Waals surface area contributed by atoms with E-state index in [4.69, 9.17) is 0 Å². The van der Waals surface area contributed by atoms with Crippen LogP contribution in [0.5, 0.6) is 0 Å². The molecule has 1 atom stereocenters. The van der Waals surface area contributed by atoms with Gasteiger partial charge in [-0.05, 0) is 0 Å². The number of rotatable bonds is 6. The van der Waals surface area contributed by atoms with E-state index in [1.165, 1.54) is 6.92 Å². The fraction of sp³-hybridized carbons (Fsp3) is 0.875. The summed E-state index contributed by atoms with van der Waals surface area (Å²) in [5, 5.41) is 11.9. The number of aliphatic hydroxyl groups is 1. The maximum atomic E-state index is 10.7. The number of quaternary nitrogens is 1. The minimum atomic E-state index is -4.42. The lowest BCUT2D eigenvalue weighted by Crippen LogP contribution is -2.52. The van der Waals surface area contributed by atoms with Crippen molar-refractivity contribution in [1.29, 1.82) is 0 Å². The van der Waals surface area contributed by atoms with Crippen molar-refractivity contribution in [2.75, 3.05) is 33.1 Å². The van der Waals surface area contributed by atoms with Crippen LogP contribution in [0, 0.1) is 0 Å². The van der Waals surface area contributed by atoms with Gasteiger partial charge in [-0.3, -0.25) is 4.79 Å². The Morgan fingerprint density at radius 1 is 1.50 bits per heavy atom. The summed E-state index contributed by atoms with van der Waals surface area (Å²) in [5.74, 6) is -1.02. The van der Waals surface area contributed by atoms with Gasteiger partial charge in [0.15, 0.2) is 6.67 Å². The molecular weight excluding hydrogens is 236 g/mol. The van der Waals surface area contributed by atoms with Gasteiger partial charge in [0.05, 0.1) is 30.0 Å². The maximum absolute atomic E-state index is 10.7. The summed E-state index contributed by atoms with van der Waals surface area (Å²) in [5.41, 5.74) is 0. The van der Waals surface area contributed by atoms with E-state index in [1.807, 2.05) is 0 Å². The molecule has 0 heterocycles. The lowest BCUT2D eigenvalue weighted by molar-refractivity contribution is -0.894. The number of likely N-dealkylation sites (N-methyl/N-ethyl adjacent to an activating group) is 1. The molecule has 0 fully saturated rings. The van der Waals surface area contributed by atoms with Gasteiger partial charge in [-0.2, -0.15) is 0 Å². The average molecular weight is 254 g/mol. The fourth-order valence-corrected chi connectivity index (χ4v) is 1.83. The highest BCUT2D eigenvalue weighted by Crippen LogP contribution is 2.00. The third-order valence-electron chi connectivity index (χ3n) is 1.86. The molecule has 0 aliphatic heterocycles. The lowest BCUT2D eigenvalue weighted by atomic mass is 10.3. The van der Waals surface area contributed by atoms with Gasteiger partial charge in [0.25, 0.3) is 0 Å². The monoisotopic (exact) mass is 254 g/mol. The van der Waals surface area contributed by atoms with Gasteiger partial charge in [0.1, 0.15) is 12.6 Å². The first-order valence-electron chi connectivity index (χ1n) is 4.70. The van der Waals surface area contributed by atoms with Crippen molar-refractivity contribution in [1.82, 2.24) is 5.32 Å². The first-order chi connectivity index (χ1) is 7.02. The quantitative estimate of drug-likeness (QED) is 0.326. The molecule has 0 aliphatic carbocycles. The van der Waals surface area contributed by atoms with Crippen molar-refractivity contribution < 1.29 is 27.4 Å². The molecule has 96 valence electrons. The van der Waals surface area contributed by atoms with E-state index < -0.39 is 22.0 Å². The molecule has 1 unspecified atom stereocenters. The third kappa shape index (κ3) is 8.60. The summed E-state index contributed by atoms with van der Waals surface area (Å²) in [6, 6.07) is 0. The van der Waals surface area contributed by atoms with Gasteiger partial charge >= 0.3 is 0 Å². The molecular formula is C8H18N2O5S. The Labute approximate surface area is 95.4 Å². The first-order valence-corrected chi connectivity index (χ1v) is 6.28. The smallest absolute Gasteiger partial charge is 0.221 e. The molecule has 0 saturated heterocycles. The van der Waals surface area contributed by atoms with Crippen LogP contribution in [-0.4, -0.2) is 67.6 Å². The zero-order valence-electron chi connectivity index (χ0n) is 9.63. The second kappa shape index (κ2) is 5.58. The van der Waals surface area contributed by atoms with Crippen molar-refractivity contribution in [2.45, 2.75) is 13.0 Å². The standard InChI is InChI=1S/C8H18N2O5S/c1-7(11)9-6-10(2,3)4-8(12)5-16(13,14)15/h8,12H,4-6H2,1-3H3,(H-,9,11,13,14,15). The first kappa shape index (κ1) is 15.3. The number of hydrogen-bond donors (Lipinski definition) is 2. The van der Waals surface area contributed by atoms with Crippen LogP contribution in [-0.2, 0) is 14.9 Å². The van der Waals surface area contributed by atoms with Crippen LogP contribution < -0.4 is 5.32 Å². The molecule has 0 radical (unpaired) electrons. The molecule has 2 N–H and O–H groups in total. The summed E-state index contributed by atoms with van der Waals surface area (Å²) in [6.07, 6.45) is -1.23. The molecule has 0 aromatic heterocycles. The zero-order chi connectivity index (χ0) is 13.0. The van der Waals surface area contributed by atoms with Gasteiger partial charge in [0, 0.05) is 6.92 Å². The second-order valence-corrected chi connectivity index (χ2v) is 5.84. The van der Waals surface area contributed by atoms with E-state index in [-0.39, 0.29) is 23.6 Å². The Kier molecular flexibility index (Phi) is 5.33. The van der Waals surface area contributed by atoms with Crippen LogP contribution >= 0.6 is 0 Å². The third-order valence-corrected chi connectivity index (χ3v) is 2.65. The number of nitrogens with zero attached hydrogens (tertiary/aromatic N) is 1. The molecule has 1 amide bonds. The van der Waals surface area contributed by atoms with Gasteiger partial charge in [-0.25, -0.2) is 8.42 Å². The minimum Gasteiger partial charge on any atom is -0.748 e. The molecule has 0 saturated carbocycles. The van der Waals surface area contributed by atoms with Crippen molar-refractivity contribution in [3.05, 3.63) is 0 Å². The highest BCUT2D eigenvalue weighted by atomic mass is 32.2. The maximum Gasteiger partial charge on any atom is 0.221 e. The molecule has 0 aliphatic rings. The average Bonchev–Trinajstić information content (AvgIpc) is 1.95. The Balaban J connectivity index is 4.19. The summed E-state index contributed by atoms with van der Waals surface area (Å²) in [4.78, 5) is 10.7. The highest BCUT2D eigenvalue weighted by molar-refractivity contribution is 7.85. The van der Waals surface area contributed by atoms with E-state index in [9.17, 15) is 22.9 Å². The largest absolute Gasteiger partial charge is 0.748 e. The van der Waals surface area contributed by atoms with E-state index in [1.54, 1.807) is 14.1 Å². The molecule has 8 heteroatoms. The van der Waals surface area contributed by atoms with Crippen molar-refractivity contribution in [3.8, 4) is 0 Å². The number of aliphatic hydroxyl groups excluding tert-OH is 1. The van der Waals surface area contributed by atoms with Gasteiger partial charge < -0.3 is 19.5 Å². The Morgan fingerprint density at radius 3 is 2.38 bits per heavy atom. The SMILES string of the molecule is CC(=O)NC[N+](C)(C)CC(O)CS(=O)(=O)[O-]. The predicted molar refractivity (Wildman–Crippen MR) is 56.2 cm³/mol. The minimum absolute atomic E-state index is 0.0712. The van der Waals surface area contributed by atoms with E-state index in [0.29, 0.717) is 0 Å². The molecule has 0 aromatic carbocycles. The van der Waals surface area contributed by atoms with Gasteiger partial charge in [0.2, 0.25) is 5.91 Å². The van der Waals surface area contributed by atoms with Gasteiger partial charge in [-0.1, -0.05) is 0 Å². The lowest BCUT2D eigenvalue weighted by Gasteiger charge is -2.31. The predicted octanol–water partition coefficient (Wildman–Crippen LogP) is -1.94. The Bertz CT molecular complexity index is 338. The van der Waals surface area contributed by atoms with Crippen molar-refractivity contribution in [2.24, 2.45) is 0 Å². The van der Waals surface area contributed by atoms with E-state index >= 15 is 0 Å². The second-order valence-electron chi connectivity index (χ2n) is 4.39. The molecule has 7 nitrogen and oxygen atoms in total. The van der Waals surface area contributed by atoms with Crippen LogP contribution in [0.3, 0.4) is 0 Å². The Hall–Kier alpha value is -0.700. The normalized spacial score (nSPS) is 14.6.